The summed E-state index contributed by atoms with van der Waals surface area (Å²) in [7, 11) is 0. The number of imidazole rings is 2. The molecule has 2 aromatic rings. The summed E-state index contributed by atoms with van der Waals surface area (Å²) in [4.78, 5) is 14.6. The molecule has 0 spiro atoms. The molecule has 2 heterocycles. The van der Waals surface area contributed by atoms with Crippen molar-refractivity contribution in [1.29, 1.82) is 0 Å². The van der Waals surface area contributed by atoms with Gasteiger partial charge in [-0.05, 0) is 25.7 Å². The van der Waals surface area contributed by atoms with Crippen molar-refractivity contribution in [2.45, 2.75) is 38.0 Å². The van der Waals surface area contributed by atoms with Gasteiger partial charge in [0.05, 0.1) is 24.0 Å². The molecular formula is C13H19N4. The van der Waals surface area contributed by atoms with Crippen molar-refractivity contribution in [1.82, 2.24) is 19.9 Å². The van der Waals surface area contributed by atoms with E-state index >= 15 is 0 Å². The number of aromatic amines is 2. The van der Waals surface area contributed by atoms with Crippen molar-refractivity contribution in [3.8, 4) is 0 Å². The van der Waals surface area contributed by atoms with E-state index in [1.807, 2.05) is 12.4 Å². The predicted octanol–water partition coefficient (Wildman–Crippen LogP) is 2.85. The quantitative estimate of drug-likeness (QED) is 0.769. The normalized spacial score (nSPS) is 12.8. The van der Waals surface area contributed by atoms with Gasteiger partial charge in [-0.25, -0.2) is 9.97 Å². The van der Waals surface area contributed by atoms with Gasteiger partial charge in [-0.3, -0.25) is 0 Å². The van der Waals surface area contributed by atoms with E-state index in [0.29, 0.717) is 5.92 Å². The minimum Gasteiger partial charge on any atom is -0.351 e. The lowest BCUT2D eigenvalue weighted by molar-refractivity contribution is 0.544. The van der Waals surface area contributed by atoms with Crippen molar-refractivity contribution < 1.29 is 0 Å². The number of nitrogens with one attached hydrogen (secondary N) is 2. The van der Waals surface area contributed by atoms with Crippen LogP contribution in [0.5, 0.6) is 0 Å². The SMILES string of the molecule is [CH2]CCC(CCCc1c[nH]cn1)c1c[nH]cn1. The summed E-state index contributed by atoms with van der Waals surface area (Å²) in [5.41, 5.74) is 2.30. The van der Waals surface area contributed by atoms with Crippen LogP contribution in [0.1, 0.15) is 43.0 Å². The number of H-pyrrole nitrogens is 2. The monoisotopic (exact) mass is 231 g/mol. The zero-order valence-electron chi connectivity index (χ0n) is 10.0. The highest BCUT2D eigenvalue weighted by Gasteiger charge is 2.12. The number of aryl methyl sites for hydroxylation is 1. The number of hydrogen-bond acceptors (Lipinski definition) is 2. The van der Waals surface area contributed by atoms with Crippen LogP contribution in [0.15, 0.2) is 25.0 Å². The van der Waals surface area contributed by atoms with Gasteiger partial charge in [0.2, 0.25) is 0 Å². The predicted molar refractivity (Wildman–Crippen MR) is 67.4 cm³/mol. The first-order valence-corrected chi connectivity index (χ1v) is 6.15. The van der Waals surface area contributed by atoms with E-state index in [1.54, 1.807) is 12.7 Å². The zero-order chi connectivity index (χ0) is 11.9. The maximum atomic E-state index is 4.35. The van der Waals surface area contributed by atoms with Crippen LogP contribution in [0, 0.1) is 6.92 Å². The molecule has 17 heavy (non-hydrogen) atoms. The molecule has 0 aliphatic heterocycles. The van der Waals surface area contributed by atoms with Crippen LogP contribution in [-0.4, -0.2) is 19.9 Å². The van der Waals surface area contributed by atoms with E-state index in [1.165, 1.54) is 0 Å². The van der Waals surface area contributed by atoms with E-state index in [2.05, 4.69) is 26.9 Å². The van der Waals surface area contributed by atoms with Crippen molar-refractivity contribution >= 4 is 0 Å². The molecule has 1 atom stereocenters. The molecule has 0 aromatic carbocycles. The maximum absolute atomic E-state index is 4.35. The van der Waals surface area contributed by atoms with E-state index in [0.717, 1.165) is 43.5 Å². The second kappa shape index (κ2) is 6.23. The fourth-order valence-electron chi connectivity index (χ4n) is 2.14. The van der Waals surface area contributed by atoms with Crippen LogP contribution >= 0.6 is 0 Å². The standard InChI is InChI=1S/C13H19N4/c1-2-4-11(13-8-15-10-17-13)5-3-6-12-7-14-9-16-12/h7-11H,1-6H2,(H,14,16)(H,15,17). The van der Waals surface area contributed by atoms with E-state index in [9.17, 15) is 0 Å². The largest absolute Gasteiger partial charge is 0.351 e. The molecule has 1 unspecified atom stereocenters. The van der Waals surface area contributed by atoms with E-state index in [4.69, 9.17) is 0 Å². The van der Waals surface area contributed by atoms with Gasteiger partial charge < -0.3 is 9.97 Å². The van der Waals surface area contributed by atoms with Gasteiger partial charge in [0, 0.05) is 18.3 Å². The Kier molecular flexibility index (Phi) is 4.36. The topological polar surface area (TPSA) is 57.4 Å². The van der Waals surface area contributed by atoms with Crippen molar-refractivity contribution in [2.75, 3.05) is 0 Å². The highest BCUT2D eigenvalue weighted by atomic mass is 14.9. The number of hydrogen-bond donors (Lipinski definition) is 2. The second-order valence-electron chi connectivity index (χ2n) is 4.29. The van der Waals surface area contributed by atoms with Gasteiger partial charge in [-0.15, -0.1) is 0 Å². The van der Waals surface area contributed by atoms with Gasteiger partial charge in [0.1, 0.15) is 0 Å². The lowest BCUT2D eigenvalue weighted by Crippen LogP contribution is -2.00. The third kappa shape index (κ3) is 3.44. The molecule has 0 saturated heterocycles. The Morgan fingerprint density at radius 1 is 1.12 bits per heavy atom. The Balaban J connectivity index is 1.82. The molecule has 1 radical (unpaired) electrons. The average Bonchev–Trinajstić information content (AvgIpc) is 3.01. The van der Waals surface area contributed by atoms with Gasteiger partial charge in [-0.2, -0.15) is 0 Å². The van der Waals surface area contributed by atoms with Crippen LogP contribution < -0.4 is 0 Å². The Morgan fingerprint density at radius 3 is 2.59 bits per heavy atom. The van der Waals surface area contributed by atoms with Gasteiger partial charge in [0.25, 0.3) is 0 Å². The first-order chi connectivity index (χ1) is 8.40. The van der Waals surface area contributed by atoms with Crippen LogP contribution in [0.3, 0.4) is 0 Å². The minimum absolute atomic E-state index is 0.526. The molecule has 2 N–H and O–H groups in total. The van der Waals surface area contributed by atoms with Crippen LogP contribution in [0.2, 0.25) is 0 Å². The molecule has 2 aromatic heterocycles. The molecule has 0 aliphatic rings. The summed E-state index contributed by atoms with van der Waals surface area (Å²) in [5, 5.41) is 0. The Labute approximate surface area is 102 Å². The second-order valence-corrected chi connectivity index (χ2v) is 4.29. The smallest absolute Gasteiger partial charge is 0.0923 e. The Hall–Kier alpha value is -1.58. The molecule has 0 fully saturated rings. The lowest BCUT2D eigenvalue weighted by Gasteiger charge is -2.12. The van der Waals surface area contributed by atoms with Crippen LogP contribution in [0.4, 0.5) is 0 Å². The van der Waals surface area contributed by atoms with Crippen LogP contribution in [-0.2, 0) is 6.42 Å². The lowest BCUT2D eigenvalue weighted by atomic mass is 9.94. The number of rotatable bonds is 7. The molecule has 2 rings (SSSR count). The molecule has 0 aliphatic carbocycles. The number of nitrogens with zero attached hydrogens (tertiary/aromatic N) is 2. The summed E-state index contributed by atoms with van der Waals surface area (Å²) in [6, 6.07) is 0. The molecule has 0 amide bonds. The van der Waals surface area contributed by atoms with Gasteiger partial charge >= 0.3 is 0 Å². The van der Waals surface area contributed by atoms with E-state index < -0.39 is 0 Å². The fourth-order valence-corrected chi connectivity index (χ4v) is 2.14. The molecule has 4 heteroatoms. The summed E-state index contributed by atoms with van der Waals surface area (Å²) < 4.78 is 0. The van der Waals surface area contributed by atoms with Crippen molar-refractivity contribution in [3.05, 3.63) is 43.4 Å². The Bertz CT molecular complexity index is 391. The summed E-state index contributed by atoms with van der Waals surface area (Å²) in [6.07, 6.45) is 12.8. The van der Waals surface area contributed by atoms with Crippen molar-refractivity contribution in [3.63, 3.8) is 0 Å². The summed E-state index contributed by atoms with van der Waals surface area (Å²) >= 11 is 0. The highest BCUT2D eigenvalue weighted by molar-refractivity contribution is 5.03. The highest BCUT2D eigenvalue weighted by Crippen LogP contribution is 2.24. The molecule has 91 valence electrons. The molecule has 0 saturated carbocycles. The third-order valence-electron chi connectivity index (χ3n) is 3.03. The fraction of sp³-hybridized carbons (Fsp3) is 0.462. The van der Waals surface area contributed by atoms with Crippen molar-refractivity contribution in [2.24, 2.45) is 0 Å². The van der Waals surface area contributed by atoms with Gasteiger partial charge in [0.15, 0.2) is 0 Å². The van der Waals surface area contributed by atoms with Crippen LogP contribution in [0.25, 0.3) is 0 Å². The maximum Gasteiger partial charge on any atom is 0.0923 e. The summed E-state index contributed by atoms with van der Waals surface area (Å²) in [5.74, 6) is 0.526. The molecule has 4 nitrogen and oxygen atoms in total. The summed E-state index contributed by atoms with van der Waals surface area (Å²) in [6.45, 7) is 3.94. The minimum atomic E-state index is 0.526. The molecule has 0 bridgehead atoms. The number of aromatic nitrogens is 4. The third-order valence-corrected chi connectivity index (χ3v) is 3.03. The molecular weight excluding hydrogens is 212 g/mol. The zero-order valence-corrected chi connectivity index (χ0v) is 10.0. The Morgan fingerprint density at radius 2 is 1.94 bits per heavy atom. The first kappa shape index (κ1) is 11.9. The van der Waals surface area contributed by atoms with E-state index in [-0.39, 0.29) is 0 Å². The average molecular weight is 231 g/mol. The first-order valence-electron chi connectivity index (χ1n) is 6.15. The van der Waals surface area contributed by atoms with Gasteiger partial charge in [-0.1, -0.05) is 13.3 Å².